The Morgan fingerprint density at radius 3 is 2.24 bits per heavy atom. The van der Waals surface area contributed by atoms with Gasteiger partial charge in [-0.05, 0) is 13.0 Å². The molecule has 7 heteroatoms. The number of carbonyl (C=O) groups is 2. The van der Waals surface area contributed by atoms with Gasteiger partial charge < -0.3 is 21.7 Å². The standard InChI is InChI=1S/C14H29N5O2/c1-10(2)12(19-6-4-18(3)5-7-19)9-17-14(21)11(15)8-13(16)20/h10-12H,4-9,15H2,1-3H3,(H2,16,20)(H,17,21). The van der Waals surface area contributed by atoms with Gasteiger partial charge in [0.1, 0.15) is 0 Å². The van der Waals surface area contributed by atoms with E-state index < -0.39 is 11.9 Å². The summed E-state index contributed by atoms with van der Waals surface area (Å²) < 4.78 is 0. The lowest BCUT2D eigenvalue weighted by Gasteiger charge is -2.40. The second-order valence-electron chi connectivity index (χ2n) is 6.17. The summed E-state index contributed by atoms with van der Waals surface area (Å²) in [5, 5.41) is 2.85. The van der Waals surface area contributed by atoms with Gasteiger partial charge in [0.2, 0.25) is 11.8 Å². The van der Waals surface area contributed by atoms with Crippen molar-refractivity contribution in [1.82, 2.24) is 15.1 Å². The normalized spacial score (nSPS) is 20.2. The van der Waals surface area contributed by atoms with Crippen molar-refractivity contribution in [3.63, 3.8) is 0 Å². The van der Waals surface area contributed by atoms with Gasteiger partial charge in [-0.15, -0.1) is 0 Å². The van der Waals surface area contributed by atoms with E-state index in [1.165, 1.54) is 0 Å². The van der Waals surface area contributed by atoms with Crippen molar-refractivity contribution in [2.45, 2.75) is 32.4 Å². The van der Waals surface area contributed by atoms with Crippen molar-refractivity contribution in [3.05, 3.63) is 0 Å². The van der Waals surface area contributed by atoms with E-state index >= 15 is 0 Å². The fraction of sp³-hybridized carbons (Fsp3) is 0.857. The highest BCUT2D eigenvalue weighted by atomic mass is 16.2. The lowest BCUT2D eigenvalue weighted by molar-refractivity contribution is -0.126. The summed E-state index contributed by atoms with van der Waals surface area (Å²) in [5.74, 6) is -0.438. The third-order valence-electron chi connectivity index (χ3n) is 4.02. The smallest absolute Gasteiger partial charge is 0.237 e. The minimum atomic E-state index is -0.859. The average molecular weight is 299 g/mol. The van der Waals surface area contributed by atoms with E-state index in [-0.39, 0.29) is 18.4 Å². The first-order chi connectivity index (χ1) is 9.81. The average Bonchev–Trinajstić information content (AvgIpc) is 2.39. The van der Waals surface area contributed by atoms with Gasteiger partial charge in [0, 0.05) is 38.8 Å². The van der Waals surface area contributed by atoms with Crippen LogP contribution in [0.5, 0.6) is 0 Å². The Morgan fingerprint density at radius 2 is 1.76 bits per heavy atom. The second kappa shape index (κ2) is 8.31. The molecule has 1 heterocycles. The van der Waals surface area contributed by atoms with Crippen LogP contribution in [-0.4, -0.2) is 73.5 Å². The maximum atomic E-state index is 11.9. The predicted octanol–water partition coefficient (Wildman–Crippen LogP) is -1.42. The molecule has 7 nitrogen and oxygen atoms in total. The summed E-state index contributed by atoms with van der Waals surface area (Å²) in [5.41, 5.74) is 10.7. The highest BCUT2D eigenvalue weighted by molar-refractivity contribution is 5.87. The minimum Gasteiger partial charge on any atom is -0.370 e. The molecule has 122 valence electrons. The van der Waals surface area contributed by atoms with Crippen LogP contribution < -0.4 is 16.8 Å². The zero-order valence-electron chi connectivity index (χ0n) is 13.3. The molecular formula is C14H29N5O2. The van der Waals surface area contributed by atoms with E-state index in [2.05, 4.69) is 36.0 Å². The van der Waals surface area contributed by atoms with E-state index in [1.54, 1.807) is 0 Å². The second-order valence-corrected chi connectivity index (χ2v) is 6.17. The summed E-state index contributed by atoms with van der Waals surface area (Å²) in [6.45, 7) is 8.94. The first-order valence-corrected chi connectivity index (χ1v) is 7.55. The molecule has 0 aromatic rings. The third kappa shape index (κ3) is 5.99. The van der Waals surface area contributed by atoms with Gasteiger partial charge in [-0.2, -0.15) is 0 Å². The molecule has 0 spiro atoms. The Hall–Kier alpha value is -1.18. The molecule has 0 saturated carbocycles. The topological polar surface area (TPSA) is 105 Å². The van der Waals surface area contributed by atoms with Crippen LogP contribution in [0.4, 0.5) is 0 Å². The van der Waals surface area contributed by atoms with E-state index in [0.717, 1.165) is 26.2 Å². The minimum absolute atomic E-state index is 0.118. The number of likely N-dealkylation sites (N-methyl/N-ethyl adjacent to an activating group) is 1. The summed E-state index contributed by atoms with van der Waals surface area (Å²) >= 11 is 0. The molecule has 0 radical (unpaired) electrons. The van der Waals surface area contributed by atoms with Crippen LogP contribution in [0.3, 0.4) is 0 Å². The van der Waals surface area contributed by atoms with Crippen molar-refractivity contribution < 1.29 is 9.59 Å². The molecule has 21 heavy (non-hydrogen) atoms. The predicted molar refractivity (Wildman–Crippen MR) is 82.5 cm³/mol. The van der Waals surface area contributed by atoms with Crippen molar-refractivity contribution in [3.8, 4) is 0 Å². The summed E-state index contributed by atoms with van der Waals surface area (Å²) in [4.78, 5) is 27.4. The van der Waals surface area contributed by atoms with Crippen molar-refractivity contribution in [2.75, 3.05) is 39.8 Å². The Balaban J connectivity index is 2.48. The molecule has 1 fully saturated rings. The molecule has 0 aliphatic carbocycles. The summed E-state index contributed by atoms with van der Waals surface area (Å²) in [6, 6.07) is -0.578. The highest BCUT2D eigenvalue weighted by Crippen LogP contribution is 2.12. The van der Waals surface area contributed by atoms with Crippen molar-refractivity contribution in [1.29, 1.82) is 0 Å². The first-order valence-electron chi connectivity index (χ1n) is 7.55. The number of amides is 2. The van der Waals surface area contributed by atoms with Crippen LogP contribution in [0, 0.1) is 5.92 Å². The number of rotatable bonds is 7. The molecule has 5 N–H and O–H groups in total. The number of piperazine rings is 1. The van der Waals surface area contributed by atoms with Crippen LogP contribution in [0.25, 0.3) is 0 Å². The Bertz CT molecular complexity index is 353. The zero-order valence-corrected chi connectivity index (χ0v) is 13.3. The van der Waals surface area contributed by atoms with Gasteiger partial charge in [0.05, 0.1) is 12.5 Å². The lowest BCUT2D eigenvalue weighted by Crippen LogP contribution is -2.55. The Labute approximate surface area is 127 Å². The number of primary amides is 1. The maximum Gasteiger partial charge on any atom is 0.237 e. The number of nitrogens with zero attached hydrogens (tertiary/aromatic N) is 2. The first kappa shape index (κ1) is 17.9. The molecule has 1 saturated heterocycles. The zero-order chi connectivity index (χ0) is 16.0. The van der Waals surface area contributed by atoms with Crippen molar-refractivity contribution in [2.24, 2.45) is 17.4 Å². The highest BCUT2D eigenvalue weighted by Gasteiger charge is 2.26. The van der Waals surface area contributed by atoms with Gasteiger partial charge in [-0.1, -0.05) is 13.8 Å². The van der Waals surface area contributed by atoms with Gasteiger partial charge >= 0.3 is 0 Å². The molecule has 1 aliphatic heterocycles. The SMILES string of the molecule is CC(C)C(CNC(=O)C(N)CC(N)=O)N1CCN(C)CC1. The number of hydrogen-bond acceptors (Lipinski definition) is 5. The van der Waals surface area contributed by atoms with Gasteiger partial charge in [-0.25, -0.2) is 0 Å². The molecule has 0 aromatic heterocycles. The largest absolute Gasteiger partial charge is 0.370 e. The number of hydrogen-bond donors (Lipinski definition) is 3. The van der Waals surface area contributed by atoms with Crippen LogP contribution in [-0.2, 0) is 9.59 Å². The molecule has 0 aromatic carbocycles. The molecule has 1 rings (SSSR count). The Kier molecular flexibility index (Phi) is 7.07. The molecule has 0 bridgehead atoms. The van der Waals surface area contributed by atoms with Gasteiger partial charge in [0.15, 0.2) is 0 Å². The number of nitrogens with two attached hydrogens (primary N) is 2. The molecule has 1 aliphatic rings. The molecule has 2 unspecified atom stereocenters. The monoisotopic (exact) mass is 299 g/mol. The fourth-order valence-electron chi connectivity index (χ4n) is 2.59. The van der Waals surface area contributed by atoms with Crippen molar-refractivity contribution >= 4 is 11.8 Å². The lowest BCUT2D eigenvalue weighted by atomic mass is 10.0. The van der Waals surface area contributed by atoms with Crippen LogP contribution in [0.1, 0.15) is 20.3 Å². The number of carbonyl (C=O) groups excluding carboxylic acids is 2. The summed E-state index contributed by atoms with van der Waals surface area (Å²) in [7, 11) is 2.12. The quantitative estimate of drug-likeness (QED) is 0.535. The van der Waals surface area contributed by atoms with Crippen LogP contribution in [0.15, 0.2) is 0 Å². The third-order valence-corrected chi connectivity index (χ3v) is 4.02. The van der Waals surface area contributed by atoms with E-state index in [1.807, 2.05) is 0 Å². The van der Waals surface area contributed by atoms with Gasteiger partial charge in [-0.3, -0.25) is 14.5 Å². The molecular weight excluding hydrogens is 270 g/mol. The molecule has 2 amide bonds. The Morgan fingerprint density at radius 1 is 1.19 bits per heavy atom. The van der Waals surface area contributed by atoms with Crippen LogP contribution >= 0.6 is 0 Å². The van der Waals surface area contributed by atoms with E-state index in [4.69, 9.17) is 11.5 Å². The molecule has 2 atom stereocenters. The van der Waals surface area contributed by atoms with Gasteiger partial charge in [0.25, 0.3) is 0 Å². The maximum absolute atomic E-state index is 11.9. The van der Waals surface area contributed by atoms with E-state index in [9.17, 15) is 9.59 Å². The number of nitrogens with one attached hydrogen (secondary N) is 1. The van der Waals surface area contributed by atoms with E-state index in [0.29, 0.717) is 12.5 Å². The van der Waals surface area contributed by atoms with Crippen LogP contribution in [0.2, 0.25) is 0 Å². The fourth-order valence-corrected chi connectivity index (χ4v) is 2.59. The summed E-state index contributed by atoms with van der Waals surface area (Å²) in [6.07, 6.45) is -0.118.